The molecular formula is C18H17N3. The van der Waals surface area contributed by atoms with Crippen molar-refractivity contribution in [2.45, 2.75) is 13.8 Å². The van der Waals surface area contributed by atoms with Crippen LogP contribution in [-0.2, 0) is 0 Å². The Kier molecular flexibility index (Phi) is 3.40. The first kappa shape index (κ1) is 13.3. The van der Waals surface area contributed by atoms with E-state index in [1.807, 2.05) is 30.3 Å². The van der Waals surface area contributed by atoms with Gasteiger partial charge in [-0.15, -0.1) is 0 Å². The zero-order valence-corrected chi connectivity index (χ0v) is 12.2. The van der Waals surface area contributed by atoms with Gasteiger partial charge < -0.3 is 5.73 Å². The lowest BCUT2D eigenvalue weighted by atomic mass is 10.1. The molecule has 0 saturated carbocycles. The Balaban J connectivity index is 2.07. The molecule has 3 nitrogen and oxygen atoms in total. The molecule has 1 heterocycles. The molecule has 0 spiro atoms. The maximum absolute atomic E-state index is 5.94. The van der Waals surface area contributed by atoms with E-state index in [1.165, 1.54) is 11.1 Å². The van der Waals surface area contributed by atoms with Crippen molar-refractivity contribution in [3.05, 3.63) is 65.7 Å². The molecule has 0 bridgehead atoms. The van der Waals surface area contributed by atoms with Gasteiger partial charge in [0, 0.05) is 17.2 Å². The molecule has 0 saturated heterocycles. The zero-order valence-electron chi connectivity index (χ0n) is 12.2. The van der Waals surface area contributed by atoms with E-state index in [4.69, 9.17) is 5.73 Å². The highest BCUT2D eigenvalue weighted by molar-refractivity contribution is 5.67. The zero-order chi connectivity index (χ0) is 14.8. The molecule has 21 heavy (non-hydrogen) atoms. The molecule has 0 aliphatic rings. The van der Waals surface area contributed by atoms with Crippen molar-refractivity contribution >= 4 is 5.82 Å². The summed E-state index contributed by atoms with van der Waals surface area (Å²) in [6.07, 6.45) is 0. The van der Waals surface area contributed by atoms with Gasteiger partial charge in [0.2, 0.25) is 0 Å². The topological polar surface area (TPSA) is 51.8 Å². The number of hydrogen-bond acceptors (Lipinski definition) is 3. The van der Waals surface area contributed by atoms with E-state index < -0.39 is 0 Å². The minimum atomic E-state index is 0.483. The van der Waals surface area contributed by atoms with Crippen molar-refractivity contribution < 1.29 is 0 Å². The first-order chi connectivity index (χ1) is 10.1. The quantitative estimate of drug-likeness (QED) is 0.768. The number of hydrogen-bond donors (Lipinski definition) is 1. The second-order valence-corrected chi connectivity index (χ2v) is 5.23. The minimum Gasteiger partial charge on any atom is -0.384 e. The highest BCUT2D eigenvalue weighted by Gasteiger charge is 2.07. The third kappa shape index (κ3) is 2.92. The SMILES string of the molecule is Cc1ccc(-c2cc(N)nc(-c3ccc(C)cc3)n2)cc1. The molecule has 3 aromatic rings. The van der Waals surface area contributed by atoms with Crippen molar-refractivity contribution in [3.8, 4) is 22.6 Å². The molecule has 2 aromatic carbocycles. The van der Waals surface area contributed by atoms with E-state index in [0.29, 0.717) is 11.6 Å². The average molecular weight is 275 g/mol. The van der Waals surface area contributed by atoms with Gasteiger partial charge in [0.15, 0.2) is 5.82 Å². The van der Waals surface area contributed by atoms with E-state index in [-0.39, 0.29) is 0 Å². The van der Waals surface area contributed by atoms with Crippen molar-refractivity contribution in [3.63, 3.8) is 0 Å². The highest BCUT2D eigenvalue weighted by Crippen LogP contribution is 2.23. The Bertz CT molecular complexity index is 696. The van der Waals surface area contributed by atoms with Crippen LogP contribution in [-0.4, -0.2) is 9.97 Å². The van der Waals surface area contributed by atoms with Crippen molar-refractivity contribution in [2.75, 3.05) is 5.73 Å². The van der Waals surface area contributed by atoms with Gasteiger partial charge in [-0.2, -0.15) is 0 Å². The second-order valence-electron chi connectivity index (χ2n) is 5.23. The van der Waals surface area contributed by atoms with E-state index >= 15 is 0 Å². The van der Waals surface area contributed by atoms with Crippen LogP contribution in [0.2, 0.25) is 0 Å². The third-order valence-electron chi connectivity index (χ3n) is 3.40. The third-order valence-corrected chi connectivity index (χ3v) is 3.40. The normalized spacial score (nSPS) is 10.6. The standard InChI is InChI=1S/C18H17N3/c1-12-3-7-14(8-4-12)16-11-17(19)21-18(20-16)15-9-5-13(2)6-10-15/h3-11H,1-2H3,(H2,19,20,21). The minimum absolute atomic E-state index is 0.483. The summed E-state index contributed by atoms with van der Waals surface area (Å²) >= 11 is 0. The predicted molar refractivity (Wildman–Crippen MR) is 86.8 cm³/mol. The average Bonchev–Trinajstić information content (AvgIpc) is 2.48. The van der Waals surface area contributed by atoms with Crippen LogP contribution in [0.4, 0.5) is 5.82 Å². The summed E-state index contributed by atoms with van der Waals surface area (Å²) in [5.74, 6) is 1.14. The number of aromatic nitrogens is 2. The first-order valence-corrected chi connectivity index (χ1v) is 6.90. The Hall–Kier alpha value is -2.68. The van der Waals surface area contributed by atoms with E-state index in [0.717, 1.165) is 16.8 Å². The van der Waals surface area contributed by atoms with Gasteiger partial charge in [-0.25, -0.2) is 9.97 Å². The Morgan fingerprint density at radius 2 is 1.24 bits per heavy atom. The lowest BCUT2D eigenvalue weighted by Crippen LogP contribution is -1.98. The number of anilines is 1. The Labute approximate surface area is 124 Å². The monoisotopic (exact) mass is 275 g/mol. The van der Waals surface area contributed by atoms with Gasteiger partial charge in [-0.3, -0.25) is 0 Å². The summed E-state index contributed by atoms with van der Waals surface area (Å²) in [5.41, 5.74) is 11.2. The molecule has 0 aliphatic heterocycles. The maximum Gasteiger partial charge on any atom is 0.162 e. The van der Waals surface area contributed by atoms with Crippen LogP contribution in [0.3, 0.4) is 0 Å². The molecule has 0 radical (unpaired) electrons. The van der Waals surface area contributed by atoms with Crippen LogP contribution < -0.4 is 5.73 Å². The van der Waals surface area contributed by atoms with Gasteiger partial charge in [-0.1, -0.05) is 59.7 Å². The molecule has 1 aromatic heterocycles. The van der Waals surface area contributed by atoms with Crippen molar-refractivity contribution in [2.24, 2.45) is 0 Å². The summed E-state index contributed by atoms with van der Waals surface area (Å²) in [6, 6.07) is 18.2. The van der Waals surface area contributed by atoms with E-state index in [1.54, 1.807) is 0 Å². The second kappa shape index (κ2) is 5.37. The molecule has 0 aliphatic carbocycles. The maximum atomic E-state index is 5.94. The van der Waals surface area contributed by atoms with Gasteiger partial charge in [0.1, 0.15) is 5.82 Å². The van der Waals surface area contributed by atoms with Crippen molar-refractivity contribution in [1.82, 2.24) is 9.97 Å². The van der Waals surface area contributed by atoms with Crippen molar-refractivity contribution in [1.29, 1.82) is 0 Å². The lowest BCUT2D eigenvalue weighted by Gasteiger charge is -2.07. The van der Waals surface area contributed by atoms with Crippen LogP contribution in [0.25, 0.3) is 22.6 Å². The molecule has 0 atom stereocenters. The first-order valence-electron chi connectivity index (χ1n) is 6.90. The largest absolute Gasteiger partial charge is 0.384 e. The molecular weight excluding hydrogens is 258 g/mol. The molecule has 0 fully saturated rings. The number of rotatable bonds is 2. The molecule has 104 valence electrons. The number of aryl methyl sites for hydroxylation is 2. The van der Waals surface area contributed by atoms with E-state index in [9.17, 15) is 0 Å². The number of nitrogens with zero attached hydrogens (tertiary/aromatic N) is 2. The van der Waals surface area contributed by atoms with Crippen LogP contribution in [0.15, 0.2) is 54.6 Å². The highest BCUT2D eigenvalue weighted by atomic mass is 14.9. The van der Waals surface area contributed by atoms with Gasteiger partial charge in [-0.05, 0) is 13.8 Å². The summed E-state index contributed by atoms with van der Waals surface area (Å²) < 4.78 is 0. The smallest absolute Gasteiger partial charge is 0.162 e. The Morgan fingerprint density at radius 1 is 0.714 bits per heavy atom. The fraction of sp³-hybridized carbons (Fsp3) is 0.111. The molecule has 3 heteroatoms. The molecule has 2 N–H and O–H groups in total. The molecule has 0 amide bonds. The predicted octanol–water partition coefficient (Wildman–Crippen LogP) is 4.01. The van der Waals surface area contributed by atoms with Gasteiger partial charge >= 0.3 is 0 Å². The number of benzene rings is 2. The Morgan fingerprint density at radius 3 is 1.81 bits per heavy atom. The summed E-state index contributed by atoms with van der Waals surface area (Å²) in [6.45, 7) is 4.12. The fourth-order valence-corrected chi connectivity index (χ4v) is 2.17. The van der Waals surface area contributed by atoms with Gasteiger partial charge in [0.05, 0.1) is 5.69 Å². The fourth-order valence-electron chi connectivity index (χ4n) is 2.17. The van der Waals surface area contributed by atoms with Gasteiger partial charge in [0.25, 0.3) is 0 Å². The lowest BCUT2D eigenvalue weighted by molar-refractivity contribution is 1.19. The molecule has 0 unspecified atom stereocenters. The summed E-state index contributed by atoms with van der Waals surface area (Å²) in [7, 11) is 0. The van der Waals surface area contributed by atoms with E-state index in [2.05, 4.69) is 48.1 Å². The van der Waals surface area contributed by atoms with Crippen LogP contribution in [0, 0.1) is 13.8 Å². The molecule has 3 rings (SSSR count). The van der Waals surface area contributed by atoms with Crippen LogP contribution in [0.1, 0.15) is 11.1 Å². The van der Waals surface area contributed by atoms with Crippen LogP contribution >= 0.6 is 0 Å². The van der Waals surface area contributed by atoms with Crippen LogP contribution in [0.5, 0.6) is 0 Å². The number of nitrogen functional groups attached to an aromatic ring is 1. The number of nitrogens with two attached hydrogens (primary N) is 1. The summed E-state index contributed by atoms with van der Waals surface area (Å²) in [4.78, 5) is 8.99. The summed E-state index contributed by atoms with van der Waals surface area (Å²) in [5, 5.41) is 0.